The van der Waals surface area contributed by atoms with Crippen LogP contribution in [0.3, 0.4) is 0 Å². The van der Waals surface area contributed by atoms with Crippen LogP contribution in [0.1, 0.15) is 61.9 Å². The molecule has 1 unspecified atom stereocenters. The molecule has 0 spiro atoms. The molecule has 1 amide bonds. The molecule has 1 aliphatic rings. The van der Waals surface area contributed by atoms with Crippen LogP contribution >= 0.6 is 0 Å². The topological polar surface area (TPSA) is 20.3 Å². The lowest BCUT2D eigenvalue weighted by Gasteiger charge is -2.33. The average Bonchev–Trinajstić information content (AvgIpc) is 2.38. The zero-order valence-electron chi connectivity index (χ0n) is 11.9. The van der Waals surface area contributed by atoms with Crippen molar-refractivity contribution in [3.05, 3.63) is 35.1 Å². The fraction of sp³-hybridized carbons (Fsp3) is 0.562. The minimum atomic E-state index is -0.273. The Balaban J connectivity index is 2.22. The van der Waals surface area contributed by atoms with Gasteiger partial charge in [0.05, 0.1) is 0 Å². The summed E-state index contributed by atoms with van der Waals surface area (Å²) >= 11 is 0. The number of piperidine rings is 1. The third kappa shape index (κ3) is 2.96. The molecule has 0 radical (unpaired) electrons. The molecule has 1 aliphatic heterocycles. The normalized spacial score (nSPS) is 19.8. The maximum Gasteiger partial charge on any atom is 0.254 e. The Labute approximate surface area is 114 Å². The number of hydrogen-bond acceptors (Lipinski definition) is 1. The van der Waals surface area contributed by atoms with Gasteiger partial charge < -0.3 is 4.90 Å². The van der Waals surface area contributed by atoms with E-state index in [9.17, 15) is 9.18 Å². The minimum Gasteiger partial charge on any atom is -0.336 e. The molecule has 1 fully saturated rings. The molecule has 1 atom stereocenters. The molecule has 2 rings (SSSR count). The third-order valence-electron chi connectivity index (χ3n) is 3.93. The van der Waals surface area contributed by atoms with Gasteiger partial charge in [-0.15, -0.1) is 0 Å². The van der Waals surface area contributed by atoms with Crippen LogP contribution < -0.4 is 0 Å². The van der Waals surface area contributed by atoms with Crippen molar-refractivity contribution >= 4 is 5.91 Å². The van der Waals surface area contributed by atoms with Gasteiger partial charge in [0.25, 0.3) is 5.91 Å². The molecule has 0 aromatic heterocycles. The summed E-state index contributed by atoms with van der Waals surface area (Å²) in [5, 5.41) is 0. The van der Waals surface area contributed by atoms with Crippen molar-refractivity contribution < 1.29 is 9.18 Å². The van der Waals surface area contributed by atoms with Crippen LogP contribution in [0.15, 0.2) is 18.2 Å². The Bertz CT molecular complexity index is 470. The quantitative estimate of drug-likeness (QED) is 0.790. The number of carbonyl (C=O) groups excluding carboxylic acids is 1. The van der Waals surface area contributed by atoms with E-state index >= 15 is 0 Å². The van der Waals surface area contributed by atoms with Crippen LogP contribution in [0.2, 0.25) is 0 Å². The van der Waals surface area contributed by atoms with Gasteiger partial charge in [0, 0.05) is 18.2 Å². The number of nitrogens with zero attached hydrogens (tertiary/aromatic N) is 1. The lowest BCUT2D eigenvalue weighted by atomic mass is 9.99. The van der Waals surface area contributed by atoms with E-state index in [0.717, 1.165) is 19.4 Å². The van der Waals surface area contributed by atoms with Crippen molar-refractivity contribution in [2.45, 2.75) is 52.0 Å². The summed E-state index contributed by atoms with van der Waals surface area (Å²) in [6, 6.07) is 5.14. The number of amides is 1. The minimum absolute atomic E-state index is 0.0404. The van der Waals surface area contributed by atoms with Crippen molar-refractivity contribution in [3.63, 3.8) is 0 Å². The molecule has 1 heterocycles. The van der Waals surface area contributed by atoms with E-state index in [2.05, 4.69) is 6.92 Å². The number of benzene rings is 1. The second-order valence-corrected chi connectivity index (χ2v) is 5.73. The highest BCUT2D eigenvalue weighted by Crippen LogP contribution is 2.23. The van der Waals surface area contributed by atoms with Gasteiger partial charge in [-0.3, -0.25) is 4.79 Å². The highest BCUT2D eigenvalue weighted by molar-refractivity contribution is 5.94. The molecule has 3 heteroatoms. The van der Waals surface area contributed by atoms with E-state index in [0.29, 0.717) is 11.1 Å². The monoisotopic (exact) mass is 263 g/mol. The number of rotatable bonds is 2. The molecule has 0 aliphatic carbocycles. The fourth-order valence-electron chi connectivity index (χ4n) is 2.69. The summed E-state index contributed by atoms with van der Waals surface area (Å²) in [5.74, 6) is -0.176. The van der Waals surface area contributed by atoms with E-state index < -0.39 is 0 Å². The first-order valence-corrected chi connectivity index (χ1v) is 7.11. The molecule has 1 saturated heterocycles. The molecule has 0 N–H and O–H groups in total. The van der Waals surface area contributed by atoms with Crippen molar-refractivity contribution in [2.24, 2.45) is 0 Å². The first kappa shape index (κ1) is 14.0. The van der Waals surface area contributed by atoms with Crippen molar-refractivity contribution in [3.8, 4) is 0 Å². The van der Waals surface area contributed by atoms with Crippen LogP contribution in [0.25, 0.3) is 0 Å². The van der Waals surface area contributed by atoms with Gasteiger partial charge in [-0.1, -0.05) is 19.9 Å². The van der Waals surface area contributed by atoms with Crippen LogP contribution in [0, 0.1) is 5.82 Å². The molecular formula is C16H22FNO. The van der Waals surface area contributed by atoms with Gasteiger partial charge in [0.15, 0.2) is 0 Å². The third-order valence-corrected chi connectivity index (χ3v) is 3.93. The number of likely N-dealkylation sites (tertiary alicyclic amines) is 1. The number of carbonyl (C=O) groups is 1. The summed E-state index contributed by atoms with van der Waals surface area (Å²) in [6.07, 6.45) is 3.26. The first-order valence-electron chi connectivity index (χ1n) is 7.11. The highest BCUT2D eigenvalue weighted by Gasteiger charge is 2.24. The molecule has 1 aromatic rings. The lowest BCUT2D eigenvalue weighted by Crippen LogP contribution is -2.42. The molecule has 2 nitrogen and oxygen atoms in total. The van der Waals surface area contributed by atoms with Crippen molar-refractivity contribution in [2.75, 3.05) is 6.54 Å². The van der Waals surface area contributed by atoms with E-state index in [4.69, 9.17) is 0 Å². The molecule has 0 saturated carbocycles. The molecule has 19 heavy (non-hydrogen) atoms. The van der Waals surface area contributed by atoms with Crippen LogP contribution in [0.5, 0.6) is 0 Å². The van der Waals surface area contributed by atoms with Crippen molar-refractivity contribution in [1.82, 2.24) is 4.90 Å². The summed E-state index contributed by atoms with van der Waals surface area (Å²) in [7, 11) is 0. The molecule has 1 aromatic carbocycles. The number of halogens is 1. The Kier molecular flexibility index (Phi) is 4.23. The fourth-order valence-corrected chi connectivity index (χ4v) is 2.69. The van der Waals surface area contributed by atoms with Crippen LogP contribution in [-0.2, 0) is 0 Å². The van der Waals surface area contributed by atoms with E-state index in [1.807, 2.05) is 18.7 Å². The standard InChI is InChI=1S/C16H22FNO/c1-11(2)14-8-7-13(10-15(14)17)16(19)18-9-5-4-6-12(18)3/h7-8,10-12H,4-6,9H2,1-3H3. The van der Waals surface area contributed by atoms with E-state index in [1.165, 1.54) is 12.5 Å². The Morgan fingerprint density at radius 3 is 2.68 bits per heavy atom. The zero-order chi connectivity index (χ0) is 14.0. The smallest absolute Gasteiger partial charge is 0.254 e. The molecular weight excluding hydrogens is 241 g/mol. The lowest BCUT2D eigenvalue weighted by molar-refractivity contribution is 0.0635. The summed E-state index contributed by atoms with van der Waals surface area (Å²) in [4.78, 5) is 14.3. The van der Waals surface area contributed by atoms with Gasteiger partial charge in [-0.25, -0.2) is 4.39 Å². The second-order valence-electron chi connectivity index (χ2n) is 5.73. The highest BCUT2D eigenvalue weighted by atomic mass is 19.1. The van der Waals surface area contributed by atoms with Gasteiger partial charge in [0.2, 0.25) is 0 Å². The maximum atomic E-state index is 14.0. The van der Waals surface area contributed by atoms with Gasteiger partial charge in [-0.2, -0.15) is 0 Å². The Hall–Kier alpha value is -1.38. The predicted molar refractivity (Wildman–Crippen MR) is 74.8 cm³/mol. The largest absolute Gasteiger partial charge is 0.336 e. The zero-order valence-corrected chi connectivity index (χ0v) is 11.9. The number of hydrogen-bond donors (Lipinski definition) is 0. The first-order chi connectivity index (χ1) is 9.00. The molecule has 0 bridgehead atoms. The maximum absolute atomic E-state index is 14.0. The van der Waals surface area contributed by atoms with Crippen molar-refractivity contribution in [1.29, 1.82) is 0 Å². The van der Waals surface area contributed by atoms with E-state index in [-0.39, 0.29) is 23.7 Å². The van der Waals surface area contributed by atoms with Crippen LogP contribution in [0.4, 0.5) is 4.39 Å². The summed E-state index contributed by atoms with van der Waals surface area (Å²) in [6.45, 7) is 6.75. The average molecular weight is 263 g/mol. The van der Waals surface area contributed by atoms with Gasteiger partial charge in [-0.05, 0) is 49.8 Å². The molecule has 104 valence electrons. The van der Waals surface area contributed by atoms with E-state index in [1.54, 1.807) is 12.1 Å². The Morgan fingerprint density at radius 2 is 2.11 bits per heavy atom. The van der Waals surface area contributed by atoms with Gasteiger partial charge in [0.1, 0.15) is 5.82 Å². The van der Waals surface area contributed by atoms with Crippen LogP contribution in [-0.4, -0.2) is 23.4 Å². The Morgan fingerprint density at radius 1 is 1.37 bits per heavy atom. The second kappa shape index (κ2) is 5.72. The van der Waals surface area contributed by atoms with Gasteiger partial charge >= 0.3 is 0 Å². The summed E-state index contributed by atoms with van der Waals surface area (Å²) < 4.78 is 14.0. The summed E-state index contributed by atoms with van der Waals surface area (Å²) in [5.41, 5.74) is 1.14. The SMILES string of the molecule is CC(C)c1ccc(C(=O)N2CCCCC2C)cc1F. The predicted octanol–water partition coefficient (Wildman–Crippen LogP) is 3.96.